The van der Waals surface area contributed by atoms with E-state index in [0.29, 0.717) is 4.53 Å². The van der Waals surface area contributed by atoms with Crippen molar-refractivity contribution >= 4 is 23.5 Å². The van der Waals surface area contributed by atoms with Crippen LogP contribution in [0.15, 0.2) is 112 Å². The zero-order valence-electron chi connectivity index (χ0n) is 20.1. The number of benzene rings is 3. The molecule has 1 aliphatic heterocycles. The van der Waals surface area contributed by atoms with Gasteiger partial charge in [-0.25, -0.2) is 4.99 Å². The molecule has 0 saturated heterocycles. The number of nitrogens with zero attached hydrogens (tertiary/aromatic N) is 2. The van der Waals surface area contributed by atoms with Gasteiger partial charge in [-0.2, -0.15) is 0 Å². The topological polar surface area (TPSA) is 43.6 Å². The minimum absolute atomic E-state index is 0.00846. The average Bonchev–Trinajstić information content (AvgIpc) is 3.23. The highest BCUT2D eigenvalue weighted by Gasteiger charge is 2.32. The Bertz CT molecular complexity index is 1640. The number of hydrogen-bond acceptors (Lipinski definition) is 4. The van der Waals surface area contributed by atoms with Crippen LogP contribution >= 0.6 is 11.3 Å². The van der Waals surface area contributed by atoms with Crippen molar-refractivity contribution in [1.82, 2.24) is 4.57 Å². The second-order valence-corrected chi connectivity index (χ2v) is 10.1. The fourth-order valence-corrected chi connectivity index (χ4v) is 6.10. The van der Waals surface area contributed by atoms with E-state index in [1.807, 2.05) is 59.2 Å². The molecular formula is C31H26N2O2S. The van der Waals surface area contributed by atoms with Crippen molar-refractivity contribution in [1.29, 1.82) is 0 Å². The van der Waals surface area contributed by atoms with Crippen molar-refractivity contribution < 1.29 is 4.74 Å². The van der Waals surface area contributed by atoms with Crippen LogP contribution in [0.4, 0.5) is 0 Å². The summed E-state index contributed by atoms with van der Waals surface area (Å²) in [6, 6.07) is 28.4. The van der Waals surface area contributed by atoms with Crippen molar-refractivity contribution in [2.75, 3.05) is 7.11 Å². The lowest BCUT2D eigenvalue weighted by Crippen LogP contribution is -2.39. The van der Waals surface area contributed by atoms with E-state index >= 15 is 0 Å². The fourth-order valence-electron chi connectivity index (χ4n) is 5.09. The maximum atomic E-state index is 13.8. The Morgan fingerprint density at radius 1 is 0.889 bits per heavy atom. The monoisotopic (exact) mass is 490 g/mol. The molecule has 0 spiro atoms. The van der Waals surface area contributed by atoms with Gasteiger partial charge >= 0.3 is 0 Å². The predicted molar refractivity (Wildman–Crippen MR) is 146 cm³/mol. The SMILES string of the molecule is COc1ccc(/C=c2/sc3n(c2=O)C(c2ccccc2)C2=C(N=3)/C(=C\c3ccccc3)CCC2)cc1. The van der Waals surface area contributed by atoms with Gasteiger partial charge in [0.05, 0.1) is 23.4 Å². The lowest BCUT2D eigenvalue weighted by molar-refractivity contribution is 0.415. The first-order chi connectivity index (χ1) is 17.7. The van der Waals surface area contributed by atoms with Gasteiger partial charge in [0.25, 0.3) is 5.56 Å². The van der Waals surface area contributed by atoms with E-state index in [1.54, 1.807) is 7.11 Å². The van der Waals surface area contributed by atoms with Gasteiger partial charge in [0.15, 0.2) is 4.80 Å². The zero-order chi connectivity index (χ0) is 24.5. The van der Waals surface area contributed by atoms with E-state index in [9.17, 15) is 4.79 Å². The summed E-state index contributed by atoms with van der Waals surface area (Å²) >= 11 is 1.46. The van der Waals surface area contributed by atoms with Gasteiger partial charge in [-0.15, -0.1) is 0 Å². The minimum Gasteiger partial charge on any atom is -0.497 e. The molecule has 1 atom stereocenters. The fraction of sp³-hybridized carbons (Fsp3) is 0.161. The summed E-state index contributed by atoms with van der Waals surface area (Å²) in [6.45, 7) is 0. The quantitative estimate of drug-likeness (QED) is 0.380. The summed E-state index contributed by atoms with van der Waals surface area (Å²) in [6.07, 6.45) is 7.18. The number of methoxy groups -OCH3 is 1. The molecule has 4 aromatic rings. The number of fused-ring (bicyclic) bond motifs is 1. The van der Waals surface area contributed by atoms with Crippen LogP contribution in [0.5, 0.6) is 5.75 Å². The Morgan fingerprint density at radius 2 is 1.58 bits per heavy atom. The van der Waals surface area contributed by atoms with Crippen molar-refractivity contribution in [2.45, 2.75) is 25.3 Å². The molecule has 4 nitrogen and oxygen atoms in total. The third-order valence-corrected chi connectivity index (χ3v) is 7.79. The lowest BCUT2D eigenvalue weighted by atomic mass is 9.84. The smallest absolute Gasteiger partial charge is 0.271 e. The Labute approximate surface area is 213 Å². The van der Waals surface area contributed by atoms with Gasteiger partial charge in [0, 0.05) is 0 Å². The van der Waals surface area contributed by atoms with Crippen LogP contribution in [0.25, 0.3) is 12.2 Å². The van der Waals surface area contributed by atoms with Gasteiger partial charge in [-0.05, 0) is 71.4 Å². The Hall–Kier alpha value is -3.96. The van der Waals surface area contributed by atoms with Crippen LogP contribution in [-0.4, -0.2) is 11.7 Å². The number of hydrogen-bond donors (Lipinski definition) is 0. The van der Waals surface area contributed by atoms with E-state index < -0.39 is 0 Å². The molecule has 0 bridgehead atoms. The number of ether oxygens (including phenoxy) is 1. The highest BCUT2D eigenvalue weighted by molar-refractivity contribution is 7.07. The molecular weight excluding hydrogens is 464 g/mol. The van der Waals surface area contributed by atoms with Gasteiger partial charge in [0.2, 0.25) is 0 Å². The molecule has 178 valence electrons. The number of thiazole rings is 1. The van der Waals surface area contributed by atoms with Crippen molar-refractivity contribution in [3.05, 3.63) is 138 Å². The normalized spacial score (nSPS) is 18.5. The molecule has 1 unspecified atom stereocenters. The Kier molecular flexibility index (Phi) is 5.99. The van der Waals surface area contributed by atoms with Crippen LogP contribution in [0.3, 0.4) is 0 Å². The molecule has 1 aromatic heterocycles. The molecule has 6 rings (SSSR count). The standard InChI is InChI=1S/C31H26N2O2S/c1-35-25-17-15-22(16-18-25)20-27-30(34)33-29(23-11-6-3-7-12-23)26-14-8-13-24(28(26)32-31(33)36-27)19-21-9-4-2-5-10-21/h2-7,9-12,15-20,29H,8,13-14H2,1H3/b24-19-,27-20+. The molecule has 5 heteroatoms. The molecule has 1 aliphatic carbocycles. The molecule has 36 heavy (non-hydrogen) atoms. The molecule has 0 amide bonds. The summed E-state index contributed by atoms with van der Waals surface area (Å²) in [4.78, 5) is 19.7. The van der Waals surface area contributed by atoms with Crippen LogP contribution in [-0.2, 0) is 0 Å². The van der Waals surface area contributed by atoms with Crippen molar-refractivity contribution in [2.24, 2.45) is 4.99 Å². The summed E-state index contributed by atoms with van der Waals surface area (Å²) in [5.74, 6) is 0.795. The third kappa shape index (κ3) is 4.16. The van der Waals surface area contributed by atoms with E-state index in [-0.39, 0.29) is 11.6 Å². The maximum absolute atomic E-state index is 13.8. The van der Waals surface area contributed by atoms with Crippen LogP contribution in [0.2, 0.25) is 0 Å². The summed E-state index contributed by atoms with van der Waals surface area (Å²) in [5.41, 5.74) is 6.80. The number of allylic oxidation sites excluding steroid dienone is 2. The van der Waals surface area contributed by atoms with Gasteiger partial charge in [-0.1, -0.05) is 84.1 Å². The third-order valence-electron chi connectivity index (χ3n) is 6.80. The first-order valence-corrected chi connectivity index (χ1v) is 13.0. The van der Waals surface area contributed by atoms with E-state index in [1.165, 1.54) is 28.0 Å². The van der Waals surface area contributed by atoms with Crippen LogP contribution in [0, 0.1) is 0 Å². The molecule has 0 radical (unpaired) electrons. The van der Waals surface area contributed by atoms with Crippen LogP contribution in [0.1, 0.15) is 42.0 Å². The molecule has 2 heterocycles. The largest absolute Gasteiger partial charge is 0.497 e. The van der Waals surface area contributed by atoms with Gasteiger partial charge in [-0.3, -0.25) is 9.36 Å². The second kappa shape index (κ2) is 9.59. The highest BCUT2D eigenvalue weighted by Crippen LogP contribution is 2.40. The maximum Gasteiger partial charge on any atom is 0.271 e. The Morgan fingerprint density at radius 3 is 2.31 bits per heavy atom. The second-order valence-electron chi connectivity index (χ2n) is 9.07. The van der Waals surface area contributed by atoms with Gasteiger partial charge in [0.1, 0.15) is 5.75 Å². The minimum atomic E-state index is -0.144. The molecule has 0 fully saturated rings. The first-order valence-electron chi connectivity index (χ1n) is 12.2. The number of aromatic nitrogens is 1. The number of rotatable bonds is 4. The zero-order valence-corrected chi connectivity index (χ0v) is 20.9. The average molecular weight is 491 g/mol. The highest BCUT2D eigenvalue weighted by atomic mass is 32.1. The summed E-state index contributed by atoms with van der Waals surface area (Å²) in [5, 5.41) is 0. The molecule has 3 aromatic carbocycles. The summed E-state index contributed by atoms with van der Waals surface area (Å²) < 4.78 is 7.87. The van der Waals surface area contributed by atoms with Crippen molar-refractivity contribution in [3.8, 4) is 5.75 Å². The van der Waals surface area contributed by atoms with E-state index in [2.05, 4.69) is 42.5 Å². The van der Waals surface area contributed by atoms with Gasteiger partial charge < -0.3 is 4.74 Å². The predicted octanol–water partition coefficient (Wildman–Crippen LogP) is 5.49. The van der Waals surface area contributed by atoms with Crippen LogP contribution < -0.4 is 19.6 Å². The first kappa shape index (κ1) is 22.5. The molecule has 2 aliphatic rings. The van der Waals surface area contributed by atoms with E-state index in [4.69, 9.17) is 9.73 Å². The molecule has 0 saturated carbocycles. The van der Waals surface area contributed by atoms with Crippen molar-refractivity contribution in [3.63, 3.8) is 0 Å². The van der Waals surface area contributed by atoms with E-state index in [0.717, 1.165) is 46.6 Å². The Balaban J connectivity index is 1.55. The lowest BCUT2D eigenvalue weighted by Gasteiger charge is -2.31. The molecule has 0 N–H and O–H groups in total. The summed E-state index contributed by atoms with van der Waals surface area (Å²) in [7, 11) is 1.65.